The minimum atomic E-state index is -1.37. The fourth-order valence-corrected chi connectivity index (χ4v) is 11.0. The highest BCUT2D eigenvalue weighted by Gasteiger charge is 2.71. The molecule has 3 fully saturated rings. The summed E-state index contributed by atoms with van der Waals surface area (Å²) in [7, 11) is 0. The van der Waals surface area contributed by atoms with Crippen LogP contribution in [0.4, 0.5) is 0 Å². The second-order valence-electron chi connectivity index (χ2n) is 18.2. The van der Waals surface area contributed by atoms with E-state index in [2.05, 4.69) is 32.9 Å². The molecular weight excluding hydrogens is 652 g/mol. The lowest BCUT2D eigenvalue weighted by atomic mass is 9.39. The number of ether oxygens (including phenoxy) is 3. The van der Waals surface area contributed by atoms with E-state index in [0.717, 1.165) is 18.4 Å². The van der Waals surface area contributed by atoms with Crippen molar-refractivity contribution >= 4 is 17.9 Å². The Morgan fingerprint density at radius 2 is 1.67 bits per heavy atom. The van der Waals surface area contributed by atoms with Crippen LogP contribution in [0.25, 0.3) is 0 Å². The van der Waals surface area contributed by atoms with Gasteiger partial charge >= 0.3 is 17.9 Å². The average Bonchev–Trinajstić information content (AvgIpc) is 3.62. The Bertz CT molecular complexity index is 1360. The van der Waals surface area contributed by atoms with Gasteiger partial charge in [-0.05, 0) is 100 Å². The summed E-state index contributed by atoms with van der Waals surface area (Å²) in [5.41, 5.74) is -1.49. The number of aliphatic hydroxyl groups excluding tert-OH is 2. The first-order chi connectivity index (χ1) is 23.5. The number of carboxylic acid groups (broad SMARTS) is 1. The lowest BCUT2D eigenvalue weighted by Crippen LogP contribution is -2.68. The summed E-state index contributed by atoms with van der Waals surface area (Å²) in [6.45, 7) is 21.5. The highest BCUT2D eigenvalue weighted by Crippen LogP contribution is 2.72. The molecule has 51 heavy (non-hydrogen) atoms. The monoisotopic (exact) mass is 718 g/mol. The van der Waals surface area contributed by atoms with Crippen molar-refractivity contribution in [3.8, 4) is 0 Å². The number of allylic oxidation sites excluding steroid dienone is 2. The molecule has 3 aliphatic carbocycles. The highest BCUT2D eigenvalue weighted by atomic mass is 16.6. The molecule has 13 unspecified atom stereocenters. The topological polar surface area (TPSA) is 160 Å². The van der Waals surface area contributed by atoms with Crippen molar-refractivity contribution in [1.29, 1.82) is 0 Å². The molecule has 2 saturated carbocycles. The van der Waals surface area contributed by atoms with Crippen molar-refractivity contribution < 1.29 is 49.0 Å². The summed E-state index contributed by atoms with van der Waals surface area (Å²) < 4.78 is 19.1. The zero-order valence-electron chi connectivity index (χ0n) is 32.9. The number of rotatable bonds is 13. The van der Waals surface area contributed by atoms with E-state index in [1.807, 2.05) is 20.8 Å². The third kappa shape index (κ3) is 7.85. The van der Waals surface area contributed by atoms with E-state index >= 15 is 0 Å². The number of esters is 2. The molecule has 4 aliphatic rings. The first-order valence-electron chi connectivity index (χ1n) is 19.2. The molecule has 0 aromatic rings. The largest absolute Gasteiger partial charge is 0.481 e. The minimum absolute atomic E-state index is 0.00615. The van der Waals surface area contributed by atoms with Gasteiger partial charge in [-0.25, -0.2) is 9.59 Å². The number of aliphatic hydroxyl groups is 3. The van der Waals surface area contributed by atoms with Gasteiger partial charge in [0.25, 0.3) is 0 Å². The van der Waals surface area contributed by atoms with Crippen LogP contribution in [-0.4, -0.2) is 81.1 Å². The Morgan fingerprint density at radius 1 is 1.04 bits per heavy atom. The average molecular weight is 719 g/mol. The standard InChI is InChI=1S/C41H66O10/c1-12-24(6)34(45)37(47)50-28-20-40(10)27(25-18-26(49-21-25)17-22(2)3)13-14-29(40)41(11)31(51-36(46)33(44)23(4)5)19-30(38(7,8)48)39(9,35(28)41)16-15-32(42)43/h14,17,23-28,30-31,33-35,44-45,48H,12-13,15-16,18-21H2,1-11H3,(H,42,43). The number of hydrogen-bond acceptors (Lipinski definition) is 9. The normalized spacial score (nSPS) is 38.2. The predicted octanol–water partition coefficient (Wildman–Crippen LogP) is 6.25. The van der Waals surface area contributed by atoms with Crippen LogP contribution in [0.2, 0.25) is 0 Å². The van der Waals surface area contributed by atoms with E-state index in [1.165, 1.54) is 5.57 Å². The summed E-state index contributed by atoms with van der Waals surface area (Å²) in [5.74, 6) is -4.05. The molecule has 290 valence electrons. The molecule has 1 heterocycles. The molecule has 13 atom stereocenters. The minimum Gasteiger partial charge on any atom is -0.481 e. The lowest BCUT2D eigenvalue weighted by Gasteiger charge is -2.67. The number of carbonyl (C=O) groups excluding carboxylic acids is 2. The SMILES string of the molecule is CCC(C)C(O)C(=O)OC1CC2(C)C(=CCC2C2COC(C=C(C)C)C2)C2(C)C(OC(=O)C(O)C(C)C)CC(C(C)(C)O)C(C)(CCC(=O)O)C12. The van der Waals surface area contributed by atoms with Crippen LogP contribution < -0.4 is 0 Å². The van der Waals surface area contributed by atoms with Crippen molar-refractivity contribution in [2.75, 3.05) is 6.61 Å². The molecule has 0 aromatic heterocycles. The third-order valence-corrected chi connectivity index (χ3v) is 13.6. The second-order valence-corrected chi connectivity index (χ2v) is 18.2. The summed E-state index contributed by atoms with van der Waals surface area (Å²) in [4.78, 5) is 39.7. The van der Waals surface area contributed by atoms with Crippen LogP contribution in [0.1, 0.15) is 121 Å². The highest BCUT2D eigenvalue weighted by molar-refractivity contribution is 5.75. The molecule has 0 bridgehead atoms. The molecule has 10 nitrogen and oxygen atoms in total. The van der Waals surface area contributed by atoms with Crippen molar-refractivity contribution in [3.05, 3.63) is 23.3 Å². The fraction of sp³-hybridized carbons (Fsp3) is 0.829. The van der Waals surface area contributed by atoms with Crippen molar-refractivity contribution in [2.45, 2.75) is 157 Å². The van der Waals surface area contributed by atoms with Crippen molar-refractivity contribution in [3.63, 3.8) is 0 Å². The van der Waals surface area contributed by atoms with E-state index in [4.69, 9.17) is 14.2 Å². The Kier molecular flexibility index (Phi) is 12.4. The van der Waals surface area contributed by atoms with Crippen LogP contribution in [0, 0.1) is 51.8 Å². The molecule has 0 radical (unpaired) electrons. The fourth-order valence-electron chi connectivity index (χ4n) is 11.0. The van der Waals surface area contributed by atoms with Crippen LogP contribution in [0.3, 0.4) is 0 Å². The smallest absolute Gasteiger partial charge is 0.335 e. The maximum absolute atomic E-state index is 13.9. The molecule has 4 N–H and O–H groups in total. The zero-order valence-corrected chi connectivity index (χ0v) is 32.9. The van der Waals surface area contributed by atoms with E-state index in [0.29, 0.717) is 19.4 Å². The lowest BCUT2D eigenvalue weighted by molar-refractivity contribution is -0.242. The van der Waals surface area contributed by atoms with Crippen LogP contribution in [-0.2, 0) is 28.6 Å². The van der Waals surface area contributed by atoms with Crippen molar-refractivity contribution in [2.24, 2.45) is 51.8 Å². The number of hydrogen-bond donors (Lipinski definition) is 4. The van der Waals surface area contributed by atoms with E-state index in [9.17, 15) is 34.8 Å². The Labute approximate surface area is 305 Å². The number of aliphatic carboxylic acids is 1. The molecule has 1 aliphatic heterocycles. The molecule has 0 spiro atoms. The molecule has 1 saturated heterocycles. The van der Waals surface area contributed by atoms with E-state index in [-0.39, 0.29) is 43.1 Å². The summed E-state index contributed by atoms with van der Waals surface area (Å²) in [6.07, 6.45) is 2.87. The van der Waals surface area contributed by atoms with Gasteiger partial charge in [-0.3, -0.25) is 4.79 Å². The quantitative estimate of drug-likeness (QED) is 0.127. The molecular formula is C41H66O10. The van der Waals surface area contributed by atoms with Crippen LogP contribution in [0.5, 0.6) is 0 Å². The predicted molar refractivity (Wildman–Crippen MR) is 193 cm³/mol. The Hall–Kier alpha value is -2.27. The van der Waals surface area contributed by atoms with Gasteiger partial charge in [0.15, 0.2) is 12.2 Å². The third-order valence-electron chi connectivity index (χ3n) is 13.6. The van der Waals surface area contributed by atoms with Gasteiger partial charge in [0, 0.05) is 17.8 Å². The summed E-state index contributed by atoms with van der Waals surface area (Å²) in [5, 5.41) is 43.8. The van der Waals surface area contributed by atoms with Gasteiger partial charge < -0.3 is 34.6 Å². The molecule has 4 rings (SSSR count). The van der Waals surface area contributed by atoms with Crippen LogP contribution >= 0.6 is 0 Å². The van der Waals surface area contributed by atoms with Gasteiger partial charge in [0.1, 0.15) is 12.2 Å². The molecule has 0 aromatic carbocycles. The Balaban J connectivity index is 1.94. The summed E-state index contributed by atoms with van der Waals surface area (Å²) in [6, 6.07) is 0. The number of fused-ring (bicyclic) bond motifs is 3. The van der Waals surface area contributed by atoms with Gasteiger partial charge in [-0.1, -0.05) is 78.2 Å². The number of carboxylic acids is 1. The van der Waals surface area contributed by atoms with Gasteiger partial charge in [0.2, 0.25) is 0 Å². The molecule has 10 heteroatoms. The second kappa shape index (κ2) is 15.2. The molecule has 0 amide bonds. The van der Waals surface area contributed by atoms with Gasteiger partial charge in [-0.15, -0.1) is 0 Å². The van der Waals surface area contributed by atoms with Gasteiger partial charge in [-0.2, -0.15) is 0 Å². The van der Waals surface area contributed by atoms with Gasteiger partial charge in [0.05, 0.1) is 18.3 Å². The van der Waals surface area contributed by atoms with E-state index in [1.54, 1.807) is 34.6 Å². The maximum atomic E-state index is 13.9. The number of carbonyl (C=O) groups is 3. The first kappa shape index (κ1) is 41.5. The maximum Gasteiger partial charge on any atom is 0.335 e. The summed E-state index contributed by atoms with van der Waals surface area (Å²) >= 11 is 0. The zero-order chi connectivity index (χ0) is 38.4. The van der Waals surface area contributed by atoms with Crippen LogP contribution in [0.15, 0.2) is 23.3 Å². The Morgan fingerprint density at radius 3 is 2.22 bits per heavy atom. The first-order valence-corrected chi connectivity index (χ1v) is 19.2. The van der Waals surface area contributed by atoms with Crippen molar-refractivity contribution in [1.82, 2.24) is 0 Å². The van der Waals surface area contributed by atoms with E-state index < -0.39 is 81.9 Å².